The second-order valence-electron chi connectivity index (χ2n) is 9.37. The van der Waals surface area contributed by atoms with Gasteiger partial charge in [0.1, 0.15) is 11.9 Å². The molecule has 1 aliphatic rings. The molecule has 0 bridgehead atoms. The van der Waals surface area contributed by atoms with E-state index >= 15 is 0 Å². The van der Waals surface area contributed by atoms with Crippen LogP contribution in [0.1, 0.15) is 57.9 Å². The minimum absolute atomic E-state index is 0.0250. The van der Waals surface area contributed by atoms with Crippen molar-refractivity contribution in [2.75, 3.05) is 6.54 Å². The second kappa shape index (κ2) is 9.90. The molecule has 190 valence electrons. The lowest BCUT2D eigenvalue weighted by Crippen LogP contribution is -2.37. The molecule has 4 aromatic rings. The number of ether oxygens (including phenoxy) is 1. The summed E-state index contributed by atoms with van der Waals surface area (Å²) in [7, 11) is 0. The largest absolute Gasteiger partial charge is 0.489 e. The minimum atomic E-state index is -4.77. The van der Waals surface area contributed by atoms with E-state index in [1.165, 1.54) is 6.07 Å². The lowest BCUT2D eigenvalue weighted by Gasteiger charge is -2.34. The molecule has 1 aliphatic heterocycles. The summed E-state index contributed by atoms with van der Waals surface area (Å²) < 4.78 is 47.4. The molecule has 1 heterocycles. The van der Waals surface area contributed by atoms with Crippen LogP contribution in [-0.4, -0.2) is 23.7 Å². The molecule has 0 radical (unpaired) electrons. The maximum atomic E-state index is 13.7. The molecule has 0 amide bonds. The van der Waals surface area contributed by atoms with Gasteiger partial charge in [0.2, 0.25) is 0 Å². The molecule has 0 aromatic heterocycles. The van der Waals surface area contributed by atoms with Crippen molar-refractivity contribution in [3.8, 4) is 5.75 Å². The Morgan fingerprint density at radius 3 is 2.54 bits per heavy atom. The molecule has 0 saturated heterocycles. The summed E-state index contributed by atoms with van der Waals surface area (Å²) >= 11 is 0. The van der Waals surface area contributed by atoms with Gasteiger partial charge in [-0.25, -0.2) is 4.79 Å². The van der Waals surface area contributed by atoms with Gasteiger partial charge < -0.3 is 15.2 Å². The summed E-state index contributed by atoms with van der Waals surface area (Å²) in [5.41, 5.74) is 0.474. The lowest BCUT2D eigenvalue weighted by atomic mass is 9.83. The van der Waals surface area contributed by atoms with Crippen LogP contribution in [-0.2, 0) is 6.18 Å². The summed E-state index contributed by atoms with van der Waals surface area (Å²) in [6.45, 7) is 2.57. The fourth-order valence-electron chi connectivity index (χ4n) is 5.18. The van der Waals surface area contributed by atoms with E-state index in [1.54, 1.807) is 0 Å². The van der Waals surface area contributed by atoms with E-state index in [4.69, 9.17) is 4.74 Å². The zero-order valence-electron chi connectivity index (χ0n) is 20.1. The fraction of sp³-hybridized carbons (Fsp3) is 0.233. The predicted octanol–water partition coefficient (Wildman–Crippen LogP) is 7.19. The van der Waals surface area contributed by atoms with Crippen molar-refractivity contribution in [2.45, 2.75) is 37.6 Å². The monoisotopic (exact) mass is 505 g/mol. The summed E-state index contributed by atoms with van der Waals surface area (Å²) in [4.78, 5) is 11.4. The Kier molecular flexibility index (Phi) is 6.65. The predicted molar refractivity (Wildman–Crippen MR) is 136 cm³/mol. The van der Waals surface area contributed by atoms with Crippen LogP contribution in [0.3, 0.4) is 0 Å². The molecule has 0 aliphatic carbocycles. The zero-order valence-corrected chi connectivity index (χ0v) is 20.1. The topological polar surface area (TPSA) is 58.6 Å². The molecule has 3 atom stereocenters. The Morgan fingerprint density at radius 2 is 1.76 bits per heavy atom. The highest BCUT2D eigenvalue weighted by atomic mass is 19.4. The number of hydrogen-bond acceptors (Lipinski definition) is 3. The van der Waals surface area contributed by atoms with Crippen LogP contribution >= 0.6 is 0 Å². The van der Waals surface area contributed by atoms with Crippen LogP contribution in [0.4, 0.5) is 13.2 Å². The summed E-state index contributed by atoms with van der Waals surface area (Å²) in [5.74, 6) is -1.34. The quantitative estimate of drug-likeness (QED) is 0.291. The average Bonchev–Trinajstić information content (AvgIpc) is 2.90. The van der Waals surface area contributed by atoms with Gasteiger partial charge in [-0.2, -0.15) is 13.2 Å². The van der Waals surface area contributed by atoms with Gasteiger partial charge >= 0.3 is 12.1 Å². The van der Waals surface area contributed by atoms with Gasteiger partial charge in [0, 0.05) is 24.1 Å². The molecule has 4 nitrogen and oxygen atoms in total. The van der Waals surface area contributed by atoms with E-state index in [1.807, 2.05) is 42.5 Å². The van der Waals surface area contributed by atoms with Crippen LogP contribution < -0.4 is 10.1 Å². The van der Waals surface area contributed by atoms with E-state index in [-0.39, 0.29) is 18.1 Å². The number of carboxylic acids is 1. The molecule has 0 saturated carbocycles. The van der Waals surface area contributed by atoms with Gasteiger partial charge in [0.05, 0.1) is 11.1 Å². The van der Waals surface area contributed by atoms with Gasteiger partial charge in [0.25, 0.3) is 0 Å². The Morgan fingerprint density at radius 1 is 1.03 bits per heavy atom. The number of carboxylic acid groups (broad SMARTS) is 1. The van der Waals surface area contributed by atoms with Gasteiger partial charge in [-0.1, -0.05) is 66.7 Å². The number of rotatable bonds is 6. The number of fused-ring (bicyclic) bond motifs is 2. The van der Waals surface area contributed by atoms with Crippen molar-refractivity contribution in [2.24, 2.45) is 0 Å². The van der Waals surface area contributed by atoms with Gasteiger partial charge in [-0.05, 0) is 53.4 Å². The van der Waals surface area contributed by atoms with E-state index in [9.17, 15) is 23.1 Å². The van der Waals surface area contributed by atoms with Crippen molar-refractivity contribution in [1.29, 1.82) is 0 Å². The molecule has 4 aromatic carbocycles. The van der Waals surface area contributed by atoms with Crippen molar-refractivity contribution in [1.82, 2.24) is 5.32 Å². The van der Waals surface area contributed by atoms with E-state index in [0.29, 0.717) is 24.3 Å². The Hall–Kier alpha value is -3.84. The maximum absolute atomic E-state index is 13.7. The molecule has 5 rings (SSSR count). The highest BCUT2D eigenvalue weighted by Crippen LogP contribution is 2.42. The molecule has 7 heteroatoms. The number of aromatic carboxylic acids is 1. The lowest BCUT2D eigenvalue weighted by molar-refractivity contribution is -0.138. The summed E-state index contributed by atoms with van der Waals surface area (Å²) in [6.07, 6.45) is -4.61. The molecule has 0 spiro atoms. The Balaban J connectivity index is 1.42. The van der Waals surface area contributed by atoms with Crippen molar-refractivity contribution < 1.29 is 27.8 Å². The fourth-order valence-corrected chi connectivity index (χ4v) is 5.18. The second-order valence-corrected chi connectivity index (χ2v) is 9.37. The number of hydrogen-bond donors (Lipinski definition) is 2. The highest BCUT2D eigenvalue weighted by molar-refractivity contribution is 5.90. The van der Waals surface area contributed by atoms with Crippen LogP contribution in [0.25, 0.3) is 10.8 Å². The first kappa shape index (κ1) is 24.8. The average molecular weight is 506 g/mol. The first-order valence-corrected chi connectivity index (χ1v) is 12.1. The van der Waals surface area contributed by atoms with Gasteiger partial charge in [-0.15, -0.1) is 0 Å². The third-order valence-electron chi connectivity index (χ3n) is 7.01. The van der Waals surface area contributed by atoms with Crippen LogP contribution in [0, 0.1) is 0 Å². The molecular formula is C30H26F3NO3. The standard InChI is InChI=1S/C30H26F3NO3/c1-18(22-11-6-8-19-7-2-3-9-23(19)22)34-17-21-16-26(24-10-4-5-12-28(24)37-21)20-13-14-25(29(35)36)27(15-20)30(31,32)33/h2-15,18,21,26,34H,16-17H2,1H3,(H,35,36)/t18?,21-,26+/m1/s1. The van der Waals surface area contributed by atoms with Crippen LogP contribution in [0.15, 0.2) is 84.9 Å². The third kappa shape index (κ3) is 5.04. The normalized spacial score (nSPS) is 18.2. The molecule has 0 fully saturated rings. The zero-order chi connectivity index (χ0) is 26.2. The highest BCUT2D eigenvalue weighted by Gasteiger charge is 2.37. The molecule has 37 heavy (non-hydrogen) atoms. The van der Waals surface area contributed by atoms with Crippen LogP contribution in [0.5, 0.6) is 5.75 Å². The van der Waals surface area contributed by atoms with E-state index in [2.05, 4.69) is 36.5 Å². The number of halogens is 3. The smallest absolute Gasteiger partial charge is 0.417 e. The number of para-hydroxylation sites is 1. The first-order chi connectivity index (χ1) is 17.7. The van der Waals surface area contributed by atoms with E-state index < -0.39 is 23.3 Å². The third-order valence-corrected chi connectivity index (χ3v) is 7.01. The molecule has 1 unspecified atom stereocenters. The SMILES string of the molecule is CC(NC[C@H]1C[C@@H](c2ccc(C(=O)O)c(C(F)(F)F)c2)c2ccccc2O1)c1cccc2ccccc12. The molecule has 2 N–H and O–H groups in total. The van der Waals surface area contributed by atoms with Gasteiger partial charge in [-0.3, -0.25) is 0 Å². The van der Waals surface area contributed by atoms with Crippen LogP contribution in [0.2, 0.25) is 0 Å². The van der Waals surface area contributed by atoms with Crippen molar-refractivity contribution >= 4 is 16.7 Å². The summed E-state index contributed by atoms with van der Waals surface area (Å²) in [6, 6.07) is 25.2. The number of carbonyl (C=O) groups is 1. The number of alkyl halides is 3. The van der Waals surface area contributed by atoms with Gasteiger partial charge in [0.15, 0.2) is 0 Å². The number of nitrogens with one attached hydrogen (secondary N) is 1. The van der Waals surface area contributed by atoms with Crippen molar-refractivity contribution in [3.05, 3.63) is 113 Å². The van der Waals surface area contributed by atoms with Crippen molar-refractivity contribution in [3.63, 3.8) is 0 Å². The summed E-state index contributed by atoms with van der Waals surface area (Å²) in [5, 5.41) is 15.1. The molecular weight excluding hydrogens is 479 g/mol. The Bertz CT molecular complexity index is 1440. The number of benzene rings is 4. The van der Waals surface area contributed by atoms with E-state index in [0.717, 1.165) is 34.0 Å². The minimum Gasteiger partial charge on any atom is -0.489 e. The maximum Gasteiger partial charge on any atom is 0.417 e. The Labute approximate surface area is 212 Å². The first-order valence-electron chi connectivity index (χ1n) is 12.1.